The highest BCUT2D eigenvalue weighted by Crippen LogP contribution is 2.29. The molecule has 0 aliphatic carbocycles. The Balaban J connectivity index is 1.88. The average molecular weight is 305 g/mol. The number of hydrogen-bond donors (Lipinski definition) is 0. The van der Waals surface area contributed by atoms with Crippen LogP contribution in [0.25, 0.3) is 5.65 Å². The molecule has 1 aromatic carbocycles. The molecule has 3 aromatic rings. The summed E-state index contributed by atoms with van der Waals surface area (Å²) in [5.74, 6) is 0.439. The van der Waals surface area contributed by atoms with Gasteiger partial charge < -0.3 is 0 Å². The third kappa shape index (κ3) is 2.69. The number of rotatable bonds is 3. The van der Waals surface area contributed by atoms with Gasteiger partial charge in [-0.1, -0.05) is 12.1 Å². The van der Waals surface area contributed by atoms with E-state index in [4.69, 9.17) is 0 Å². The maximum Gasteiger partial charge on any atom is 0.416 e. The number of hydrogen-bond acceptors (Lipinski definition) is 3. The maximum absolute atomic E-state index is 12.5. The van der Waals surface area contributed by atoms with E-state index in [0.717, 1.165) is 12.1 Å². The minimum atomic E-state index is -4.35. The predicted octanol–water partition coefficient (Wildman–Crippen LogP) is 3.15. The van der Waals surface area contributed by atoms with Gasteiger partial charge in [0.2, 0.25) is 0 Å². The summed E-state index contributed by atoms with van der Waals surface area (Å²) in [5, 5.41) is 4.21. The Hall–Kier alpha value is -2.70. The van der Waals surface area contributed by atoms with Crippen molar-refractivity contribution in [2.45, 2.75) is 12.6 Å². The first kappa shape index (κ1) is 14.2. The van der Waals surface area contributed by atoms with Crippen molar-refractivity contribution < 1.29 is 18.0 Å². The van der Waals surface area contributed by atoms with Crippen LogP contribution in [0.5, 0.6) is 0 Å². The highest BCUT2D eigenvalue weighted by molar-refractivity contribution is 5.83. The summed E-state index contributed by atoms with van der Waals surface area (Å²) in [6.45, 7) is 0. The molecule has 0 saturated heterocycles. The fourth-order valence-corrected chi connectivity index (χ4v) is 2.13. The molecule has 0 aliphatic rings. The smallest absolute Gasteiger partial charge is 0.298 e. The van der Waals surface area contributed by atoms with Crippen molar-refractivity contribution in [3.8, 4) is 0 Å². The van der Waals surface area contributed by atoms with E-state index in [1.807, 2.05) is 0 Å². The minimum absolute atomic E-state index is 0.290. The zero-order valence-electron chi connectivity index (χ0n) is 11.2. The van der Waals surface area contributed by atoms with Crippen LogP contribution in [0.4, 0.5) is 13.2 Å². The number of aromatic nitrogens is 3. The first-order valence-electron chi connectivity index (χ1n) is 6.43. The molecule has 0 radical (unpaired) electrons. The summed E-state index contributed by atoms with van der Waals surface area (Å²) >= 11 is 0. The van der Waals surface area contributed by atoms with Crippen molar-refractivity contribution in [1.82, 2.24) is 14.6 Å². The van der Waals surface area contributed by atoms with Gasteiger partial charge in [0, 0.05) is 12.6 Å². The van der Waals surface area contributed by atoms with Gasteiger partial charge >= 0.3 is 6.18 Å². The predicted molar refractivity (Wildman–Crippen MR) is 72.6 cm³/mol. The van der Waals surface area contributed by atoms with Crippen LogP contribution in [0.1, 0.15) is 27.3 Å². The number of nitrogens with zero attached hydrogens (tertiary/aromatic N) is 3. The second-order valence-electron chi connectivity index (χ2n) is 4.75. The summed E-state index contributed by atoms with van der Waals surface area (Å²) in [6.07, 6.45) is -1.71. The first-order chi connectivity index (χ1) is 10.5. The van der Waals surface area contributed by atoms with Crippen LogP contribution in [0.15, 0.2) is 42.6 Å². The van der Waals surface area contributed by atoms with Crippen molar-refractivity contribution in [2.75, 3.05) is 0 Å². The lowest BCUT2D eigenvalue weighted by atomic mass is 10.1. The van der Waals surface area contributed by atoms with E-state index in [1.54, 1.807) is 18.3 Å². The molecule has 3 rings (SSSR count). The van der Waals surface area contributed by atoms with Crippen LogP contribution in [0.3, 0.4) is 0 Å². The summed E-state index contributed by atoms with van der Waals surface area (Å²) in [5.41, 5.74) is 0.812. The van der Waals surface area contributed by atoms with Gasteiger partial charge in [0.1, 0.15) is 0 Å². The molecule has 4 nitrogen and oxygen atoms in total. The highest BCUT2D eigenvalue weighted by Gasteiger charge is 2.29. The lowest BCUT2D eigenvalue weighted by Gasteiger charge is -2.06. The van der Waals surface area contributed by atoms with Gasteiger partial charge in [-0.05, 0) is 29.8 Å². The number of benzene rings is 1. The number of halogens is 3. The molecule has 0 unspecified atom stereocenters. The zero-order chi connectivity index (χ0) is 15.7. The Labute approximate surface area is 123 Å². The van der Waals surface area contributed by atoms with Crippen LogP contribution >= 0.6 is 0 Å². The molecule has 2 aromatic heterocycles. The second kappa shape index (κ2) is 5.25. The fourth-order valence-electron chi connectivity index (χ4n) is 2.13. The van der Waals surface area contributed by atoms with Crippen LogP contribution < -0.4 is 0 Å². The average Bonchev–Trinajstić information content (AvgIpc) is 2.89. The van der Waals surface area contributed by atoms with Crippen LogP contribution in [0.2, 0.25) is 0 Å². The van der Waals surface area contributed by atoms with E-state index < -0.39 is 11.7 Å². The third-order valence-electron chi connectivity index (χ3n) is 3.21. The van der Waals surface area contributed by atoms with E-state index in [-0.39, 0.29) is 6.42 Å². The molecule has 0 N–H and O–H groups in total. The largest absolute Gasteiger partial charge is 0.416 e. The number of fused-ring (bicyclic) bond motifs is 1. The highest BCUT2D eigenvalue weighted by atomic mass is 19.4. The number of carbonyl (C=O) groups excluding carboxylic acids is 1. The summed E-state index contributed by atoms with van der Waals surface area (Å²) in [7, 11) is 0. The van der Waals surface area contributed by atoms with Crippen molar-refractivity contribution in [3.05, 3.63) is 65.1 Å². The van der Waals surface area contributed by atoms with E-state index in [2.05, 4.69) is 10.1 Å². The molecular weight excluding hydrogens is 295 g/mol. The molecule has 2 heterocycles. The van der Waals surface area contributed by atoms with Crippen molar-refractivity contribution >= 4 is 11.9 Å². The van der Waals surface area contributed by atoms with E-state index in [0.29, 0.717) is 28.9 Å². The number of alkyl halides is 3. The van der Waals surface area contributed by atoms with Gasteiger partial charge in [0.05, 0.1) is 11.1 Å². The van der Waals surface area contributed by atoms with Gasteiger partial charge in [-0.25, -0.2) is 9.50 Å². The Morgan fingerprint density at radius 1 is 1.14 bits per heavy atom. The molecule has 0 bridgehead atoms. The Morgan fingerprint density at radius 3 is 2.50 bits per heavy atom. The second-order valence-corrected chi connectivity index (χ2v) is 4.75. The Morgan fingerprint density at radius 2 is 1.86 bits per heavy atom. The number of carbonyl (C=O) groups is 1. The number of pyridine rings is 1. The lowest BCUT2D eigenvalue weighted by molar-refractivity contribution is -0.137. The molecule has 7 heteroatoms. The van der Waals surface area contributed by atoms with Gasteiger partial charge in [-0.3, -0.25) is 4.79 Å². The maximum atomic E-state index is 12.5. The summed E-state index contributed by atoms with van der Waals surface area (Å²) < 4.78 is 39.0. The molecule has 0 aliphatic heterocycles. The van der Waals surface area contributed by atoms with E-state index in [9.17, 15) is 18.0 Å². The molecule has 112 valence electrons. The van der Waals surface area contributed by atoms with E-state index in [1.165, 1.54) is 16.6 Å². The summed E-state index contributed by atoms with van der Waals surface area (Å²) in [6, 6.07) is 8.15. The minimum Gasteiger partial charge on any atom is -0.298 e. The topological polar surface area (TPSA) is 47.3 Å². The molecule has 22 heavy (non-hydrogen) atoms. The van der Waals surface area contributed by atoms with Gasteiger partial charge in [0.15, 0.2) is 17.8 Å². The lowest BCUT2D eigenvalue weighted by Crippen LogP contribution is -2.04. The van der Waals surface area contributed by atoms with Crippen LogP contribution in [-0.4, -0.2) is 20.9 Å². The van der Waals surface area contributed by atoms with Crippen LogP contribution in [-0.2, 0) is 12.6 Å². The molecule has 0 amide bonds. The summed E-state index contributed by atoms with van der Waals surface area (Å²) in [4.78, 5) is 15.2. The quantitative estimate of drug-likeness (QED) is 0.698. The molecule has 0 saturated carbocycles. The fraction of sp³-hybridized carbons (Fsp3) is 0.133. The number of aldehydes is 1. The van der Waals surface area contributed by atoms with Crippen LogP contribution in [0, 0.1) is 0 Å². The van der Waals surface area contributed by atoms with Crippen molar-refractivity contribution in [1.29, 1.82) is 0 Å². The van der Waals surface area contributed by atoms with Crippen molar-refractivity contribution in [3.63, 3.8) is 0 Å². The van der Waals surface area contributed by atoms with Gasteiger partial charge in [0.25, 0.3) is 0 Å². The standard InChI is InChI=1S/C15H10F3N3O/c16-15(17,18)12-5-3-10(4-6-12)8-13-19-14-11(9-22)2-1-7-21(14)20-13/h1-7,9H,8H2. The molecule has 0 atom stereocenters. The first-order valence-corrected chi connectivity index (χ1v) is 6.43. The molecular formula is C15H10F3N3O. The SMILES string of the molecule is O=Cc1cccn2nc(Cc3ccc(C(F)(F)F)cc3)nc12. The molecule has 0 fully saturated rings. The van der Waals surface area contributed by atoms with E-state index >= 15 is 0 Å². The van der Waals surface area contributed by atoms with Crippen molar-refractivity contribution in [2.24, 2.45) is 0 Å². The van der Waals surface area contributed by atoms with Gasteiger partial charge in [-0.15, -0.1) is 0 Å². The van der Waals surface area contributed by atoms with Gasteiger partial charge in [-0.2, -0.15) is 18.3 Å². The molecule has 0 spiro atoms. The monoisotopic (exact) mass is 305 g/mol. The zero-order valence-corrected chi connectivity index (χ0v) is 11.2. The normalized spacial score (nSPS) is 11.8. The Kier molecular flexibility index (Phi) is 3.40. The third-order valence-corrected chi connectivity index (χ3v) is 3.21. The Bertz CT molecular complexity index is 822.